The average molecular weight is 199 g/mol. The molecule has 0 saturated heterocycles. The molecule has 0 spiro atoms. The molecule has 4 heteroatoms. The molecule has 0 aromatic rings. The van der Waals surface area contributed by atoms with Crippen LogP contribution in [0.15, 0.2) is 0 Å². The van der Waals surface area contributed by atoms with Gasteiger partial charge in [0.25, 0.3) is 0 Å². The monoisotopic (exact) mass is 199 g/mol. The minimum Gasteiger partial charge on any atom is -0.449 e. The van der Waals surface area contributed by atoms with E-state index in [0.29, 0.717) is 12.3 Å². The van der Waals surface area contributed by atoms with Gasteiger partial charge in [0.15, 0.2) is 5.90 Å². The lowest BCUT2D eigenvalue weighted by molar-refractivity contribution is 0.138. The third kappa shape index (κ3) is 4.25. The van der Waals surface area contributed by atoms with E-state index in [-0.39, 0.29) is 5.90 Å². The number of carboxylic acid groups (broad SMARTS) is 1. The number of ether oxygens (including phenoxy) is 1. The van der Waals surface area contributed by atoms with Gasteiger partial charge < -0.3 is 9.84 Å². The van der Waals surface area contributed by atoms with E-state index in [1.54, 1.807) is 0 Å². The van der Waals surface area contributed by atoms with Gasteiger partial charge in [0.05, 0.1) is 0 Å². The van der Waals surface area contributed by atoms with Crippen LogP contribution in [-0.4, -0.2) is 17.2 Å². The fourth-order valence-electron chi connectivity index (χ4n) is 1.97. The topological polar surface area (TPSA) is 70.4 Å². The van der Waals surface area contributed by atoms with Crippen molar-refractivity contribution in [2.75, 3.05) is 0 Å². The smallest absolute Gasteiger partial charge is 0.449 e. The molecule has 1 fully saturated rings. The van der Waals surface area contributed by atoms with E-state index in [0.717, 1.165) is 6.42 Å². The first-order chi connectivity index (χ1) is 6.68. The molecule has 14 heavy (non-hydrogen) atoms. The molecule has 0 heterocycles. The quantitative estimate of drug-likeness (QED) is 0.417. The minimum absolute atomic E-state index is 0.122. The summed E-state index contributed by atoms with van der Waals surface area (Å²) in [4.78, 5) is 10.1. The maximum Gasteiger partial charge on any atom is 0.512 e. The Bertz CT molecular complexity index is 209. The summed E-state index contributed by atoms with van der Waals surface area (Å²) in [7, 11) is 0. The van der Waals surface area contributed by atoms with E-state index in [2.05, 4.69) is 4.74 Å². The summed E-state index contributed by atoms with van der Waals surface area (Å²) < 4.78 is 4.24. The molecule has 4 nitrogen and oxygen atoms in total. The highest BCUT2D eigenvalue weighted by molar-refractivity contribution is 5.82. The molecule has 80 valence electrons. The maximum atomic E-state index is 10.1. The van der Waals surface area contributed by atoms with Crippen molar-refractivity contribution >= 4 is 12.1 Å². The van der Waals surface area contributed by atoms with Gasteiger partial charge in [-0.05, 0) is 12.3 Å². The Hall–Kier alpha value is -1.06. The normalized spacial score (nSPS) is 17.7. The molecule has 0 atom stereocenters. The van der Waals surface area contributed by atoms with Crippen LogP contribution in [0.2, 0.25) is 0 Å². The van der Waals surface area contributed by atoms with Crippen molar-refractivity contribution in [3.63, 3.8) is 0 Å². The van der Waals surface area contributed by atoms with Crippen molar-refractivity contribution in [3.05, 3.63) is 0 Å². The molecular formula is C10H17NO3. The number of carbonyl (C=O) groups is 1. The zero-order valence-corrected chi connectivity index (χ0v) is 8.29. The molecule has 0 amide bonds. The number of hydrogen-bond acceptors (Lipinski definition) is 3. The zero-order chi connectivity index (χ0) is 10.4. The summed E-state index contributed by atoms with van der Waals surface area (Å²) >= 11 is 0. The van der Waals surface area contributed by atoms with E-state index in [4.69, 9.17) is 10.5 Å². The first kappa shape index (κ1) is 11.0. The van der Waals surface area contributed by atoms with E-state index < -0.39 is 6.16 Å². The highest BCUT2D eigenvalue weighted by atomic mass is 16.7. The molecule has 1 rings (SSSR count). The second-order valence-electron chi connectivity index (χ2n) is 3.83. The summed E-state index contributed by atoms with van der Waals surface area (Å²) in [6.07, 6.45) is 6.29. The Kier molecular flexibility index (Phi) is 4.43. The van der Waals surface area contributed by atoms with Crippen molar-refractivity contribution in [3.8, 4) is 0 Å². The number of rotatable bonds is 3. The molecule has 0 aromatic carbocycles. The number of nitrogens with one attached hydrogen (secondary N) is 1. The standard InChI is InChI=1S/C10H17NO3/c11-9(14-10(12)13)7-6-8-4-2-1-3-5-8/h8,11H,1-7H2,(H,12,13). The molecular weight excluding hydrogens is 182 g/mol. The molecule has 1 aliphatic rings. The van der Waals surface area contributed by atoms with Gasteiger partial charge in [0.2, 0.25) is 0 Å². The Labute approximate surface area is 83.8 Å². The molecule has 0 bridgehead atoms. The summed E-state index contributed by atoms with van der Waals surface area (Å²) in [5.74, 6) is 0.546. The van der Waals surface area contributed by atoms with Gasteiger partial charge in [-0.25, -0.2) is 4.79 Å². The Morgan fingerprint density at radius 1 is 1.36 bits per heavy atom. The molecule has 0 aliphatic heterocycles. The Morgan fingerprint density at radius 3 is 2.57 bits per heavy atom. The molecule has 1 aliphatic carbocycles. The second kappa shape index (κ2) is 5.62. The van der Waals surface area contributed by atoms with Crippen LogP contribution in [0.1, 0.15) is 44.9 Å². The molecule has 0 unspecified atom stereocenters. The summed E-state index contributed by atoms with van der Waals surface area (Å²) in [6, 6.07) is 0. The molecule has 2 N–H and O–H groups in total. The van der Waals surface area contributed by atoms with E-state index >= 15 is 0 Å². The van der Waals surface area contributed by atoms with Crippen molar-refractivity contribution < 1.29 is 14.6 Å². The van der Waals surface area contributed by atoms with Crippen LogP contribution in [0, 0.1) is 11.3 Å². The minimum atomic E-state index is -1.38. The van der Waals surface area contributed by atoms with Gasteiger partial charge >= 0.3 is 6.16 Å². The van der Waals surface area contributed by atoms with Gasteiger partial charge in [0, 0.05) is 6.42 Å². The van der Waals surface area contributed by atoms with Gasteiger partial charge in [-0.2, -0.15) is 0 Å². The average Bonchev–Trinajstić information content (AvgIpc) is 2.15. The van der Waals surface area contributed by atoms with Gasteiger partial charge in [-0.15, -0.1) is 0 Å². The van der Waals surface area contributed by atoms with Gasteiger partial charge in [-0.1, -0.05) is 32.1 Å². The third-order valence-electron chi connectivity index (χ3n) is 2.71. The van der Waals surface area contributed by atoms with Crippen molar-refractivity contribution in [1.82, 2.24) is 0 Å². The fourth-order valence-corrected chi connectivity index (χ4v) is 1.97. The van der Waals surface area contributed by atoms with Crippen molar-refractivity contribution in [2.24, 2.45) is 5.92 Å². The first-order valence-corrected chi connectivity index (χ1v) is 5.16. The van der Waals surface area contributed by atoms with Crippen LogP contribution >= 0.6 is 0 Å². The van der Waals surface area contributed by atoms with E-state index in [1.165, 1.54) is 32.1 Å². The second-order valence-corrected chi connectivity index (χ2v) is 3.83. The largest absolute Gasteiger partial charge is 0.512 e. The zero-order valence-electron chi connectivity index (χ0n) is 8.29. The van der Waals surface area contributed by atoms with Crippen LogP contribution in [0.3, 0.4) is 0 Å². The highest BCUT2D eigenvalue weighted by Crippen LogP contribution is 2.27. The summed E-state index contributed by atoms with van der Waals surface area (Å²) in [6.45, 7) is 0. The maximum absolute atomic E-state index is 10.1. The highest BCUT2D eigenvalue weighted by Gasteiger charge is 2.14. The lowest BCUT2D eigenvalue weighted by Gasteiger charge is -2.20. The number of hydrogen-bond donors (Lipinski definition) is 2. The van der Waals surface area contributed by atoms with Gasteiger partial charge in [0.1, 0.15) is 0 Å². The summed E-state index contributed by atoms with van der Waals surface area (Å²) in [5, 5.41) is 15.5. The Morgan fingerprint density at radius 2 is 2.00 bits per heavy atom. The van der Waals surface area contributed by atoms with E-state index in [9.17, 15) is 4.79 Å². The summed E-state index contributed by atoms with van der Waals surface area (Å²) in [5.41, 5.74) is 0. The van der Waals surface area contributed by atoms with Crippen LogP contribution in [0.25, 0.3) is 0 Å². The van der Waals surface area contributed by atoms with Crippen LogP contribution in [0.4, 0.5) is 4.79 Å². The first-order valence-electron chi connectivity index (χ1n) is 5.16. The van der Waals surface area contributed by atoms with Crippen molar-refractivity contribution in [1.29, 1.82) is 5.41 Å². The Balaban J connectivity index is 2.12. The SMILES string of the molecule is N=C(CCC1CCCCC1)OC(=O)O. The van der Waals surface area contributed by atoms with Crippen molar-refractivity contribution in [2.45, 2.75) is 44.9 Å². The third-order valence-corrected chi connectivity index (χ3v) is 2.71. The fraction of sp³-hybridized carbons (Fsp3) is 0.800. The van der Waals surface area contributed by atoms with E-state index in [1.807, 2.05) is 0 Å². The van der Waals surface area contributed by atoms with Crippen LogP contribution in [-0.2, 0) is 4.74 Å². The van der Waals surface area contributed by atoms with Crippen LogP contribution in [0.5, 0.6) is 0 Å². The molecule has 0 radical (unpaired) electrons. The molecule has 0 aromatic heterocycles. The predicted octanol–water partition coefficient (Wildman–Crippen LogP) is 3.02. The van der Waals surface area contributed by atoms with Gasteiger partial charge in [-0.3, -0.25) is 5.41 Å². The van der Waals surface area contributed by atoms with Crippen LogP contribution < -0.4 is 0 Å². The lowest BCUT2D eigenvalue weighted by Crippen LogP contribution is -2.12. The molecule has 1 saturated carbocycles. The lowest BCUT2D eigenvalue weighted by atomic mass is 9.86. The predicted molar refractivity (Wildman–Crippen MR) is 52.6 cm³/mol.